The quantitative estimate of drug-likeness (QED) is 0.332. The summed E-state index contributed by atoms with van der Waals surface area (Å²) in [5, 5.41) is 14.5. The normalized spacial score (nSPS) is 25.9. The maximum absolute atomic E-state index is 14.1. The fourth-order valence-electron chi connectivity index (χ4n) is 6.96. The average Bonchev–Trinajstić information content (AvgIpc) is 3.44. The highest BCUT2D eigenvalue weighted by molar-refractivity contribution is 8.14. The molecule has 2 atom stereocenters. The molecule has 1 aliphatic heterocycles. The van der Waals surface area contributed by atoms with Crippen LogP contribution in [0.4, 0.5) is 0 Å². The predicted molar refractivity (Wildman–Crippen MR) is 159 cm³/mol. The molecule has 8 rings (SSSR count). The lowest BCUT2D eigenvalue weighted by Gasteiger charge is -2.54. The minimum Gasteiger partial charge on any atom is -0.305 e. The number of amidine groups is 1. The zero-order valence-corrected chi connectivity index (χ0v) is 23.0. The Morgan fingerprint density at radius 2 is 1.68 bits per heavy atom. The van der Waals surface area contributed by atoms with Crippen LogP contribution in [0.15, 0.2) is 102 Å². The fourth-order valence-corrected chi connectivity index (χ4v) is 7.89. The van der Waals surface area contributed by atoms with Gasteiger partial charge >= 0.3 is 0 Å². The molecule has 3 aromatic carbocycles. The molecule has 1 N–H and O–H groups in total. The van der Waals surface area contributed by atoms with Crippen molar-refractivity contribution in [3.8, 4) is 17.2 Å². The van der Waals surface area contributed by atoms with E-state index >= 15 is 0 Å². The Labute approximate surface area is 238 Å². The average molecular weight is 541 g/mol. The first kappa shape index (κ1) is 24.8. The number of hydrogen-bond donors (Lipinski definition) is 1. The summed E-state index contributed by atoms with van der Waals surface area (Å²) in [5.74, 6) is 0.651. The molecule has 2 unspecified atom stereocenters. The van der Waals surface area contributed by atoms with Crippen LogP contribution in [0.3, 0.4) is 0 Å². The minimum absolute atomic E-state index is 0.0612. The van der Waals surface area contributed by atoms with Crippen molar-refractivity contribution in [1.29, 1.82) is 5.26 Å². The Bertz CT molecular complexity index is 1640. The van der Waals surface area contributed by atoms with Gasteiger partial charge in [-0.15, -0.1) is 0 Å². The lowest BCUT2D eigenvalue weighted by Crippen LogP contribution is -2.55. The summed E-state index contributed by atoms with van der Waals surface area (Å²) in [4.78, 5) is 23.2. The van der Waals surface area contributed by atoms with Gasteiger partial charge in [0.25, 0.3) is 0 Å². The van der Waals surface area contributed by atoms with Crippen molar-refractivity contribution in [3.05, 3.63) is 125 Å². The second-order valence-corrected chi connectivity index (χ2v) is 12.2. The van der Waals surface area contributed by atoms with Crippen molar-refractivity contribution in [2.75, 3.05) is 5.75 Å². The number of thioether (sulfide) groups is 1. The molecule has 4 aromatic rings. The molecular formula is C34H28N4OS. The van der Waals surface area contributed by atoms with Gasteiger partial charge in [-0.3, -0.25) is 14.8 Å². The smallest absolute Gasteiger partial charge is 0.232 e. The van der Waals surface area contributed by atoms with Gasteiger partial charge in [0, 0.05) is 24.1 Å². The Hall–Kier alpha value is -4.21. The van der Waals surface area contributed by atoms with E-state index in [1.54, 1.807) is 18.0 Å². The second kappa shape index (κ2) is 9.46. The number of carbonyl (C=O) groups is 1. The zero-order chi connectivity index (χ0) is 27.3. The Balaban J connectivity index is 1.12. The molecule has 1 amide bonds. The van der Waals surface area contributed by atoms with Gasteiger partial charge in [0.1, 0.15) is 5.41 Å². The van der Waals surface area contributed by atoms with Crippen molar-refractivity contribution in [2.45, 2.75) is 37.1 Å². The van der Waals surface area contributed by atoms with Crippen molar-refractivity contribution >= 4 is 22.8 Å². The van der Waals surface area contributed by atoms with Gasteiger partial charge in [-0.05, 0) is 64.8 Å². The van der Waals surface area contributed by atoms with Crippen LogP contribution in [0.5, 0.6) is 0 Å². The predicted octanol–water partition coefficient (Wildman–Crippen LogP) is 6.24. The number of carbonyl (C=O) groups excluding carboxylic acids is 1. The van der Waals surface area contributed by atoms with Gasteiger partial charge in [-0.1, -0.05) is 90.6 Å². The number of rotatable bonds is 4. The van der Waals surface area contributed by atoms with Crippen LogP contribution in [0.2, 0.25) is 0 Å². The monoisotopic (exact) mass is 540 g/mol. The molecule has 1 aromatic heterocycles. The van der Waals surface area contributed by atoms with E-state index in [-0.39, 0.29) is 17.9 Å². The van der Waals surface area contributed by atoms with E-state index in [1.165, 1.54) is 5.56 Å². The third kappa shape index (κ3) is 3.80. The Morgan fingerprint density at radius 1 is 0.975 bits per heavy atom. The SMILES string of the molecule is CC1(C(=O)NC2=NC(Cc3ccc(-c4cccnc4)cc3)CS2)CC2(C#N)c3ccccc3C1c1ccccc12. The zero-order valence-electron chi connectivity index (χ0n) is 22.2. The standard InChI is InChI=1S/C34H28N4OS/c1-33(20-34(21-35)28-10-4-2-8-26(28)30(33)27-9-3-5-11-29(27)34)31(39)38-32-37-25(19-40-32)17-22-12-14-23(15-13-22)24-7-6-16-36-18-24/h2-16,18,25,30H,17,19-20H2,1H3,(H,37,38,39). The van der Waals surface area contributed by atoms with E-state index in [1.807, 2.05) is 43.5 Å². The molecule has 3 aliphatic carbocycles. The highest BCUT2D eigenvalue weighted by Gasteiger charge is 2.61. The summed E-state index contributed by atoms with van der Waals surface area (Å²) < 4.78 is 0. The number of hydrogen-bond acceptors (Lipinski definition) is 5. The van der Waals surface area contributed by atoms with Gasteiger partial charge < -0.3 is 5.32 Å². The van der Waals surface area contributed by atoms with Crippen LogP contribution in [0, 0.1) is 16.7 Å². The molecule has 40 heavy (non-hydrogen) atoms. The van der Waals surface area contributed by atoms with Gasteiger partial charge in [0.05, 0.1) is 17.5 Å². The van der Waals surface area contributed by atoms with Crippen LogP contribution in [0.1, 0.15) is 47.1 Å². The molecule has 0 fully saturated rings. The summed E-state index contributed by atoms with van der Waals surface area (Å²) in [7, 11) is 0. The molecule has 0 saturated carbocycles. The largest absolute Gasteiger partial charge is 0.305 e. The van der Waals surface area contributed by atoms with Gasteiger partial charge in [-0.2, -0.15) is 5.26 Å². The maximum Gasteiger partial charge on any atom is 0.232 e. The third-order valence-electron chi connectivity index (χ3n) is 8.80. The van der Waals surface area contributed by atoms with E-state index in [9.17, 15) is 10.1 Å². The van der Waals surface area contributed by atoms with E-state index in [2.05, 4.69) is 71.0 Å². The summed E-state index contributed by atoms with van der Waals surface area (Å²) in [6.45, 7) is 2.02. The van der Waals surface area contributed by atoms with E-state index < -0.39 is 10.8 Å². The fraction of sp³-hybridized carbons (Fsp3) is 0.235. The van der Waals surface area contributed by atoms with E-state index in [0.717, 1.165) is 45.6 Å². The molecule has 2 heterocycles. The number of nitriles is 1. The van der Waals surface area contributed by atoms with Crippen molar-refractivity contribution in [1.82, 2.24) is 10.3 Å². The number of amides is 1. The molecule has 2 bridgehead atoms. The van der Waals surface area contributed by atoms with Crippen LogP contribution >= 0.6 is 11.8 Å². The van der Waals surface area contributed by atoms with E-state index in [0.29, 0.717) is 11.6 Å². The molecule has 0 radical (unpaired) electrons. The number of benzene rings is 3. The van der Waals surface area contributed by atoms with Crippen molar-refractivity contribution in [2.24, 2.45) is 10.4 Å². The number of nitrogens with zero attached hydrogens (tertiary/aromatic N) is 3. The van der Waals surface area contributed by atoms with Crippen molar-refractivity contribution in [3.63, 3.8) is 0 Å². The minimum atomic E-state index is -0.844. The van der Waals surface area contributed by atoms with Crippen LogP contribution in [-0.4, -0.2) is 27.9 Å². The highest BCUT2D eigenvalue weighted by atomic mass is 32.2. The van der Waals surface area contributed by atoms with Gasteiger partial charge in [0.2, 0.25) is 5.91 Å². The molecule has 0 spiro atoms. The third-order valence-corrected chi connectivity index (χ3v) is 9.83. The molecule has 196 valence electrons. The number of aromatic nitrogens is 1. The first-order valence-corrected chi connectivity index (χ1v) is 14.6. The number of nitrogens with one attached hydrogen (secondary N) is 1. The number of fused-ring (bicyclic) bond motifs is 1. The van der Waals surface area contributed by atoms with Crippen LogP contribution in [-0.2, 0) is 16.6 Å². The first-order valence-electron chi connectivity index (χ1n) is 13.6. The number of pyridine rings is 1. The first-order chi connectivity index (χ1) is 19.5. The Morgan fingerprint density at radius 3 is 2.33 bits per heavy atom. The topological polar surface area (TPSA) is 78.1 Å². The highest BCUT2D eigenvalue weighted by Crippen LogP contribution is 2.63. The van der Waals surface area contributed by atoms with Gasteiger partial charge in [-0.25, -0.2) is 0 Å². The molecule has 5 nitrogen and oxygen atoms in total. The molecular weight excluding hydrogens is 512 g/mol. The van der Waals surface area contributed by atoms with Crippen molar-refractivity contribution < 1.29 is 4.79 Å². The van der Waals surface area contributed by atoms with Crippen LogP contribution < -0.4 is 5.32 Å². The molecule has 0 saturated heterocycles. The lowest BCUT2D eigenvalue weighted by molar-refractivity contribution is -0.131. The van der Waals surface area contributed by atoms with Gasteiger partial charge in [0.15, 0.2) is 5.17 Å². The number of aliphatic imine (C=N–C) groups is 1. The Kier molecular flexibility index (Phi) is 5.87. The van der Waals surface area contributed by atoms with E-state index in [4.69, 9.17) is 4.99 Å². The maximum atomic E-state index is 14.1. The summed E-state index contributed by atoms with van der Waals surface area (Å²) in [6.07, 6.45) is 4.92. The molecule has 6 heteroatoms. The summed E-state index contributed by atoms with van der Waals surface area (Å²) in [5.41, 5.74) is 6.08. The van der Waals surface area contributed by atoms with Crippen LogP contribution in [0.25, 0.3) is 11.1 Å². The molecule has 4 aliphatic rings. The second-order valence-electron chi connectivity index (χ2n) is 11.2. The summed E-state index contributed by atoms with van der Waals surface area (Å²) >= 11 is 1.60. The summed E-state index contributed by atoms with van der Waals surface area (Å²) in [6, 6.07) is 31.6. The lowest BCUT2D eigenvalue weighted by atomic mass is 9.47.